The van der Waals surface area contributed by atoms with E-state index < -0.39 is 5.76 Å². The van der Waals surface area contributed by atoms with Gasteiger partial charge in [-0.15, -0.1) is 0 Å². The molecule has 3 rings (SSSR count). The molecule has 1 saturated heterocycles. The Kier molecular flexibility index (Phi) is 3.79. The Bertz CT molecular complexity index is 703. The highest BCUT2D eigenvalue weighted by atomic mass is 16.5. The summed E-state index contributed by atoms with van der Waals surface area (Å²) in [5.41, 5.74) is 1.28. The molecular weight excluding hydrogens is 272 g/mol. The van der Waals surface area contributed by atoms with E-state index in [9.17, 15) is 9.59 Å². The number of carbonyl (C=O) groups is 1. The number of fused-ring (bicyclic) bond motifs is 1. The van der Waals surface area contributed by atoms with Crippen LogP contribution < -0.4 is 5.76 Å². The van der Waals surface area contributed by atoms with Crippen molar-refractivity contribution in [1.82, 2.24) is 9.47 Å². The molecule has 1 amide bonds. The first-order valence-corrected chi connectivity index (χ1v) is 7.13. The van der Waals surface area contributed by atoms with E-state index in [-0.39, 0.29) is 18.4 Å². The monoisotopic (exact) mass is 290 g/mol. The van der Waals surface area contributed by atoms with E-state index in [1.165, 1.54) is 4.57 Å². The van der Waals surface area contributed by atoms with E-state index in [0.29, 0.717) is 31.8 Å². The summed E-state index contributed by atoms with van der Waals surface area (Å²) in [5, 5.41) is 0. The van der Waals surface area contributed by atoms with Gasteiger partial charge in [-0.3, -0.25) is 9.36 Å². The second kappa shape index (κ2) is 5.73. The summed E-state index contributed by atoms with van der Waals surface area (Å²) in [6.07, 6.45) is 0.357. The average Bonchev–Trinajstić information content (AvgIpc) is 2.80. The van der Waals surface area contributed by atoms with Crippen LogP contribution in [0.15, 0.2) is 33.5 Å². The van der Waals surface area contributed by atoms with Gasteiger partial charge < -0.3 is 14.1 Å². The fourth-order valence-corrected chi connectivity index (χ4v) is 2.64. The normalized spacial score (nSPS) is 19.1. The third-order valence-corrected chi connectivity index (χ3v) is 3.72. The summed E-state index contributed by atoms with van der Waals surface area (Å²) < 4.78 is 12.1. The number of morpholine rings is 1. The highest BCUT2D eigenvalue weighted by Gasteiger charge is 2.21. The molecule has 1 fully saturated rings. The lowest BCUT2D eigenvalue weighted by Gasteiger charge is -2.31. The van der Waals surface area contributed by atoms with Crippen LogP contribution in [0, 0.1) is 0 Å². The summed E-state index contributed by atoms with van der Waals surface area (Å²) in [5.74, 6) is -0.373. The number of hydrogen-bond donors (Lipinski definition) is 0. The number of para-hydroxylation sites is 2. The molecule has 0 bridgehead atoms. The molecule has 0 radical (unpaired) electrons. The molecule has 2 aromatic rings. The number of hydrogen-bond acceptors (Lipinski definition) is 4. The second-order valence-electron chi connectivity index (χ2n) is 5.26. The summed E-state index contributed by atoms with van der Waals surface area (Å²) >= 11 is 0. The van der Waals surface area contributed by atoms with Crippen LogP contribution in [0.4, 0.5) is 0 Å². The highest BCUT2D eigenvalue weighted by molar-refractivity contribution is 5.77. The Balaban J connectivity index is 1.70. The molecule has 21 heavy (non-hydrogen) atoms. The standard InChI is InChI=1S/C15H18N2O4/c1-11-10-16(8-9-20-11)14(18)6-7-17-12-4-2-3-5-13(12)21-15(17)19/h2-5,11H,6-10H2,1H3/t11-/m0/s1. The molecule has 1 aromatic heterocycles. The fraction of sp³-hybridized carbons (Fsp3) is 0.467. The molecule has 0 spiro atoms. The molecule has 1 aromatic carbocycles. The predicted octanol–water partition coefficient (Wildman–Crippen LogP) is 1.23. The summed E-state index contributed by atoms with van der Waals surface area (Å²) in [6, 6.07) is 7.23. The Morgan fingerprint density at radius 2 is 2.19 bits per heavy atom. The zero-order valence-electron chi connectivity index (χ0n) is 11.9. The van der Waals surface area contributed by atoms with Crippen molar-refractivity contribution in [2.45, 2.75) is 26.0 Å². The molecule has 1 aliphatic heterocycles. The predicted molar refractivity (Wildman–Crippen MR) is 77.1 cm³/mol. The van der Waals surface area contributed by atoms with Crippen molar-refractivity contribution in [3.63, 3.8) is 0 Å². The first kappa shape index (κ1) is 13.9. The number of aromatic nitrogens is 1. The second-order valence-corrected chi connectivity index (χ2v) is 5.26. The number of benzene rings is 1. The molecule has 112 valence electrons. The zero-order chi connectivity index (χ0) is 14.8. The van der Waals surface area contributed by atoms with Crippen LogP contribution in [0.3, 0.4) is 0 Å². The Morgan fingerprint density at radius 1 is 1.38 bits per heavy atom. The van der Waals surface area contributed by atoms with Gasteiger partial charge in [-0.2, -0.15) is 0 Å². The van der Waals surface area contributed by atoms with Gasteiger partial charge in [0.05, 0.1) is 18.2 Å². The quantitative estimate of drug-likeness (QED) is 0.853. The number of ether oxygens (including phenoxy) is 1. The smallest absolute Gasteiger partial charge is 0.408 e. The number of aryl methyl sites for hydroxylation is 1. The molecular formula is C15H18N2O4. The lowest BCUT2D eigenvalue weighted by atomic mass is 10.2. The maximum Gasteiger partial charge on any atom is 0.419 e. The van der Waals surface area contributed by atoms with E-state index in [2.05, 4.69) is 0 Å². The molecule has 0 unspecified atom stereocenters. The summed E-state index contributed by atoms with van der Waals surface area (Å²) in [6.45, 7) is 4.08. The molecule has 6 nitrogen and oxygen atoms in total. The maximum atomic E-state index is 12.2. The Labute approximate surface area is 121 Å². The Hall–Kier alpha value is -2.08. The molecule has 2 heterocycles. The largest absolute Gasteiger partial charge is 0.419 e. The van der Waals surface area contributed by atoms with Crippen LogP contribution in [-0.4, -0.2) is 41.2 Å². The lowest BCUT2D eigenvalue weighted by Crippen LogP contribution is -2.44. The average molecular weight is 290 g/mol. The van der Waals surface area contributed by atoms with Gasteiger partial charge in [0.1, 0.15) is 0 Å². The lowest BCUT2D eigenvalue weighted by molar-refractivity contribution is -0.138. The van der Waals surface area contributed by atoms with Gasteiger partial charge in [0.2, 0.25) is 5.91 Å². The summed E-state index contributed by atoms with van der Waals surface area (Å²) in [4.78, 5) is 25.8. The Morgan fingerprint density at radius 3 is 3.00 bits per heavy atom. The molecule has 0 saturated carbocycles. The third-order valence-electron chi connectivity index (χ3n) is 3.72. The van der Waals surface area contributed by atoms with Crippen molar-refractivity contribution in [2.75, 3.05) is 19.7 Å². The number of rotatable bonds is 3. The maximum absolute atomic E-state index is 12.2. The van der Waals surface area contributed by atoms with Crippen molar-refractivity contribution in [1.29, 1.82) is 0 Å². The van der Waals surface area contributed by atoms with Crippen LogP contribution >= 0.6 is 0 Å². The van der Waals surface area contributed by atoms with Crippen LogP contribution in [0.25, 0.3) is 11.1 Å². The number of carbonyl (C=O) groups excluding carboxylic acids is 1. The molecule has 1 aliphatic rings. The zero-order valence-corrected chi connectivity index (χ0v) is 11.9. The molecule has 0 N–H and O–H groups in total. The van der Waals surface area contributed by atoms with Gasteiger partial charge in [0, 0.05) is 26.1 Å². The third kappa shape index (κ3) is 2.85. The number of nitrogens with zero attached hydrogens (tertiary/aromatic N) is 2. The highest BCUT2D eigenvalue weighted by Crippen LogP contribution is 2.13. The van der Waals surface area contributed by atoms with Gasteiger partial charge in [-0.25, -0.2) is 4.79 Å². The first-order chi connectivity index (χ1) is 10.1. The van der Waals surface area contributed by atoms with Gasteiger partial charge in [-0.1, -0.05) is 12.1 Å². The van der Waals surface area contributed by atoms with Gasteiger partial charge >= 0.3 is 5.76 Å². The van der Waals surface area contributed by atoms with Crippen LogP contribution in [0.1, 0.15) is 13.3 Å². The van der Waals surface area contributed by atoms with E-state index in [0.717, 1.165) is 5.52 Å². The van der Waals surface area contributed by atoms with Crippen molar-refractivity contribution < 1.29 is 13.9 Å². The number of amides is 1. The van der Waals surface area contributed by atoms with E-state index >= 15 is 0 Å². The van der Waals surface area contributed by atoms with Crippen LogP contribution in [-0.2, 0) is 16.1 Å². The van der Waals surface area contributed by atoms with E-state index in [4.69, 9.17) is 9.15 Å². The minimum Gasteiger partial charge on any atom is -0.408 e. The minimum atomic E-state index is -0.417. The van der Waals surface area contributed by atoms with Crippen molar-refractivity contribution in [2.24, 2.45) is 0 Å². The van der Waals surface area contributed by atoms with Crippen LogP contribution in [0.5, 0.6) is 0 Å². The number of oxazole rings is 1. The van der Waals surface area contributed by atoms with Gasteiger partial charge in [0.25, 0.3) is 0 Å². The molecule has 1 atom stereocenters. The van der Waals surface area contributed by atoms with E-state index in [1.54, 1.807) is 11.0 Å². The SMILES string of the molecule is C[C@H]1CN(C(=O)CCn2c(=O)oc3ccccc32)CCO1. The minimum absolute atomic E-state index is 0.0438. The van der Waals surface area contributed by atoms with Crippen molar-refractivity contribution >= 4 is 17.0 Å². The van der Waals surface area contributed by atoms with Gasteiger partial charge in [-0.05, 0) is 19.1 Å². The van der Waals surface area contributed by atoms with Crippen molar-refractivity contribution in [3.05, 3.63) is 34.8 Å². The molecule has 6 heteroatoms. The fourth-order valence-electron chi connectivity index (χ4n) is 2.64. The van der Waals surface area contributed by atoms with Crippen LogP contribution in [0.2, 0.25) is 0 Å². The molecule has 0 aliphatic carbocycles. The van der Waals surface area contributed by atoms with E-state index in [1.807, 2.05) is 25.1 Å². The topological polar surface area (TPSA) is 64.7 Å². The van der Waals surface area contributed by atoms with Crippen molar-refractivity contribution in [3.8, 4) is 0 Å². The summed E-state index contributed by atoms with van der Waals surface area (Å²) in [7, 11) is 0. The van der Waals surface area contributed by atoms with Gasteiger partial charge in [0.15, 0.2) is 5.58 Å². The first-order valence-electron chi connectivity index (χ1n) is 7.13.